The number of anilines is 2. The van der Waals surface area contributed by atoms with Crippen LogP contribution in [0.1, 0.15) is 35.5 Å². The van der Waals surface area contributed by atoms with Crippen LogP contribution < -0.4 is 10.6 Å². The summed E-state index contributed by atoms with van der Waals surface area (Å²) in [5.41, 5.74) is 2.83. The second-order valence-corrected chi connectivity index (χ2v) is 6.05. The van der Waals surface area contributed by atoms with E-state index in [4.69, 9.17) is 0 Å². The van der Waals surface area contributed by atoms with Crippen LogP contribution in [0.15, 0.2) is 24.3 Å². The first-order valence-corrected chi connectivity index (χ1v) is 7.75. The molecule has 0 unspecified atom stereocenters. The second kappa shape index (κ2) is 7.16. The molecule has 0 spiro atoms. The summed E-state index contributed by atoms with van der Waals surface area (Å²) in [6.07, 6.45) is 0. The topological polar surface area (TPSA) is 90.1 Å². The van der Waals surface area contributed by atoms with Gasteiger partial charge in [-0.3, -0.25) is 15.2 Å². The molecule has 2 rings (SSSR count). The quantitative estimate of drug-likeness (QED) is 0.805. The van der Waals surface area contributed by atoms with Crippen LogP contribution in [-0.4, -0.2) is 40.1 Å². The van der Waals surface area contributed by atoms with E-state index in [1.807, 2.05) is 33.8 Å². The highest BCUT2D eigenvalue weighted by Crippen LogP contribution is 2.18. The van der Waals surface area contributed by atoms with Gasteiger partial charge in [0, 0.05) is 36.1 Å². The van der Waals surface area contributed by atoms with E-state index in [1.54, 1.807) is 30.1 Å². The van der Waals surface area contributed by atoms with E-state index in [2.05, 4.69) is 20.8 Å². The molecule has 0 atom stereocenters. The first kappa shape index (κ1) is 17.5. The van der Waals surface area contributed by atoms with E-state index < -0.39 is 6.03 Å². The van der Waals surface area contributed by atoms with Crippen molar-refractivity contribution in [3.63, 3.8) is 0 Å². The van der Waals surface area contributed by atoms with Gasteiger partial charge in [0.1, 0.15) is 0 Å². The number of amides is 3. The van der Waals surface area contributed by atoms with Crippen molar-refractivity contribution >= 4 is 23.4 Å². The monoisotopic (exact) mass is 329 g/mol. The van der Waals surface area contributed by atoms with E-state index in [-0.39, 0.29) is 11.9 Å². The molecule has 3 N–H and O–H groups in total. The average Bonchev–Trinajstić information content (AvgIpc) is 2.92. The molecule has 0 bridgehead atoms. The highest BCUT2D eigenvalue weighted by Gasteiger charge is 2.17. The third kappa shape index (κ3) is 4.13. The van der Waals surface area contributed by atoms with Gasteiger partial charge in [-0.2, -0.15) is 5.10 Å². The zero-order chi connectivity index (χ0) is 17.9. The summed E-state index contributed by atoms with van der Waals surface area (Å²) in [6, 6.07) is 6.67. The third-order valence-electron chi connectivity index (χ3n) is 3.77. The molecule has 24 heavy (non-hydrogen) atoms. The zero-order valence-corrected chi connectivity index (χ0v) is 14.6. The average molecular weight is 329 g/mol. The van der Waals surface area contributed by atoms with Crippen LogP contribution in [0.2, 0.25) is 0 Å². The highest BCUT2D eigenvalue weighted by atomic mass is 16.2. The molecule has 7 nitrogen and oxygen atoms in total. The molecule has 1 aromatic carbocycles. The summed E-state index contributed by atoms with van der Waals surface area (Å²) in [7, 11) is 1.76. The van der Waals surface area contributed by atoms with Crippen LogP contribution in [0.3, 0.4) is 0 Å². The SMILES string of the molecule is Cc1cc(NC(=O)Nc2ccc(C)c(C(=O)N(C)C(C)C)c2)n[nH]1. The number of carbonyl (C=O) groups is 2. The van der Waals surface area contributed by atoms with Crippen molar-refractivity contribution in [3.05, 3.63) is 41.1 Å². The molecule has 0 fully saturated rings. The molecule has 0 aliphatic rings. The number of aromatic amines is 1. The Bertz CT molecular complexity index is 751. The molecule has 1 aromatic heterocycles. The fourth-order valence-electron chi connectivity index (χ4n) is 2.12. The molecule has 2 aromatic rings. The predicted molar refractivity (Wildman–Crippen MR) is 94.4 cm³/mol. The minimum Gasteiger partial charge on any atom is -0.339 e. The lowest BCUT2D eigenvalue weighted by Gasteiger charge is -2.22. The number of benzene rings is 1. The van der Waals surface area contributed by atoms with E-state index in [9.17, 15) is 9.59 Å². The first-order chi connectivity index (χ1) is 11.3. The lowest BCUT2D eigenvalue weighted by molar-refractivity contribution is 0.0754. The lowest BCUT2D eigenvalue weighted by Crippen LogP contribution is -2.33. The van der Waals surface area contributed by atoms with E-state index in [0.29, 0.717) is 17.1 Å². The fourth-order valence-corrected chi connectivity index (χ4v) is 2.12. The van der Waals surface area contributed by atoms with Crippen LogP contribution >= 0.6 is 0 Å². The Morgan fingerprint density at radius 1 is 1.17 bits per heavy atom. The number of H-pyrrole nitrogens is 1. The fraction of sp³-hybridized carbons (Fsp3) is 0.353. The van der Waals surface area contributed by atoms with Crippen molar-refractivity contribution in [1.29, 1.82) is 0 Å². The normalized spacial score (nSPS) is 10.6. The standard InChI is InChI=1S/C17H23N5O2/c1-10(2)22(5)16(23)14-9-13(7-6-11(14)3)18-17(24)19-15-8-12(4)20-21-15/h6-10H,1-5H3,(H3,18,19,20,21,24). The molecule has 0 radical (unpaired) electrons. The largest absolute Gasteiger partial charge is 0.339 e. The molecular weight excluding hydrogens is 306 g/mol. The highest BCUT2D eigenvalue weighted by molar-refractivity contribution is 6.01. The van der Waals surface area contributed by atoms with Crippen molar-refractivity contribution in [2.24, 2.45) is 0 Å². The Kier molecular flexibility index (Phi) is 5.23. The predicted octanol–water partition coefficient (Wildman–Crippen LogP) is 3.15. The van der Waals surface area contributed by atoms with Crippen LogP contribution in [0, 0.1) is 13.8 Å². The first-order valence-electron chi connectivity index (χ1n) is 7.75. The minimum atomic E-state index is -0.416. The molecule has 0 saturated heterocycles. The van der Waals surface area contributed by atoms with Gasteiger partial charge in [0.15, 0.2) is 5.82 Å². The van der Waals surface area contributed by atoms with Gasteiger partial charge in [0.25, 0.3) is 5.91 Å². The van der Waals surface area contributed by atoms with Crippen molar-refractivity contribution in [3.8, 4) is 0 Å². The molecular formula is C17H23N5O2. The maximum absolute atomic E-state index is 12.5. The third-order valence-corrected chi connectivity index (χ3v) is 3.77. The van der Waals surface area contributed by atoms with E-state index in [0.717, 1.165) is 11.3 Å². The number of hydrogen-bond donors (Lipinski definition) is 3. The van der Waals surface area contributed by atoms with Crippen LogP contribution in [0.4, 0.5) is 16.3 Å². The Morgan fingerprint density at radius 2 is 1.88 bits per heavy atom. The number of nitrogens with one attached hydrogen (secondary N) is 3. The number of carbonyl (C=O) groups excluding carboxylic acids is 2. The summed E-state index contributed by atoms with van der Waals surface area (Å²) in [5.74, 6) is 0.363. The van der Waals surface area contributed by atoms with Crippen LogP contribution in [0.25, 0.3) is 0 Å². The van der Waals surface area contributed by atoms with Gasteiger partial charge in [-0.15, -0.1) is 0 Å². The van der Waals surface area contributed by atoms with Gasteiger partial charge in [-0.25, -0.2) is 4.79 Å². The van der Waals surface area contributed by atoms with Crippen molar-refractivity contribution in [2.45, 2.75) is 33.7 Å². The van der Waals surface area contributed by atoms with Gasteiger partial charge in [0.05, 0.1) is 0 Å². The van der Waals surface area contributed by atoms with Crippen molar-refractivity contribution in [2.75, 3.05) is 17.7 Å². The smallest absolute Gasteiger partial charge is 0.324 e. The number of hydrogen-bond acceptors (Lipinski definition) is 3. The second-order valence-electron chi connectivity index (χ2n) is 6.05. The Labute approximate surface area is 141 Å². The van der Waals surface area contributed by atoms with E-state index in [1.165, 1.54) is 0 Å². The number of nitrogens with zero attached hydrogens (tertiary/aromatic N) is 2. The maximum Gasteiger partial charge on any atom is 0.324 e. The van der Waals surface area contributed by atoms with Gasteiger partial charge < -0.3 is 10.2 Å². The molecule has 0 aliphatic carbocycles. The van der Waals surface area contributed by atoms with Crippen molar-refractivity contribution < 1.29 is 9.59 Å². The number of rotatable bonds is 4. The molecule has 1 heterocycles. The summed E-state index contributed by atoms with van der Waals surface area (Å²) in [4.78, 5) is 26.2. The Morgan fingerprint density at radius 3 is 2.46 bits per heavy atom. The van der Waals surface area contributed by atoms with Gasteiger partial charge in [0.2, 0.25) is 0 Å². The number of urea groups is 1. The van der Waals surface area contributed by atoms with Crippen LogP contribution in [0.5, 0.6) is 0 Å². The van der Waals surface area contributed by atoms with Crippen molar-refractivity contribution in [1.82, 2.24) is 15.1 Å². The van der Waals surface area contributed by atoms with E-state index >= 15 is 0 Å². The summed E-state index contributed by atoms with van der Waals surface area (Å²) in [6.45, 7) is 7.63. The van der Waals surface area contributed by atoms with Gasteiger partial charge in [-0.1, -0.05) is 6.07 Å². The maximum atomic E-state index is 12.5. The van der Waals surface area contributed by atoms with Gasteiger partial charge >= 0.3 is 6.03 Å². The zero-order valence-electron chi connectivity index (χ0n) is 14.6. The Balaban J connectivity index is 2.12. The van der Waals surface area contributed by atoms with Crippen LogP contribution in [-0.2, 0) is 0 Å². The summed E-state index contributed by atoms with van der Waals surface area (Å²) < 4.78 is 0. The minimum absolute atomic E-state index is 0.0746. The molecule has 0 saturated carbocycles. The summed E-state index contributed by atoms with van der Waals surface area (Å²) >= 11 is 0. The Hall–Kier alpha value is -2.83. The number of aromatic nitrogens is 2. The molecule has 7 heteroatoms. The molecule has 0 aliphatic heterocycles. The molecule has 128 valence electrons. The number of aryl methyl sites for hydroxylation is 2. The lowest BCUT2D eigenvalue weighted by atomic mass is 10.1. The summed E-state index contributed by atoms with van der Waals surface area (Å²) in [5, 5.41) is 12.0. The van der Waals surface area contributed by atoms with Gasteiger partial charge in [-0.05, 0) is 45.4 Å². The molecule has 3 amide bonds.